The van der Waals surface area contributed by atoms with Crippen molar-refractivity contribution in [2.24, 2.45) is 0 Å². The van der Waals surface area contributed by atoms with Gasteiger partial charge in [-0.25, -0.2) is 39.9 Å². The number of pyridine rings is 2. The van der Waals surface area contributed by atoms with Gasteiger partial charge in [0, 0.05) is 61.0 Å². The van der Waals surface area contributed by atoms with Crippen molar-refractivity contribution in [3.05, 3.63) is 437 Å². The molecule has 0 unspecified atom stereocenters. The van der Waals surface area contributed by atoms with Crippen molar-refractivity contribution >= 4 is 44.2 Å². The first-order valence-corrected chi connectivity index (χ1v) is 46.9. The fourth-order valence-corrected chi connectivity index (χ4v) is 17.4. The van der Waals surface area contributed by atoms with Crippen LogP contribution in [-0.4, -0.2) is 89.9 Å². The molecule has 0 bridgehead atoms. The minimum absolute atomic E-state index is 0.123. The summed E-state index contributed by atoms with van der Waals surface area (Å²) < 4.78 is 161. The molecule has 0 amide bonds. The number of rotatable bonds is 21. The van der Waals surface area contributed by atoms with Crippen LogP contribution >= 0.6 is 0 Å². The van der Waals surface area contributed by atoms with E-state index in [2.05, 4.69) is 271 Å². The molecule has 24 heteroatoms. The highest BCUT2D eigenvalue weighted by Gasteiger charge is 2.86. The lowest BCUT2D eigenvalue weighted by atomic mass is 9.78. The van der Waals surface area contributed by atoms with E-state index in [0.717, 1.165) is 118 Å². The number of halogens is 9. The molecule has 698 valence electrons. The Balaban J connectivity index is 0.000000140. The van der Waals surface area contributed by atoms with Crippen LogP contribution < -0.4 is 9.65 Å². The second-order valence-corrected chi connectivity index (χ2v) is 36.5. The zero-order valence-electron chi connectivity index (χ0n) is 76.6. The van der Waals surface area contributed by atoms with Crippen molar-refractivity contribution in [1.82, 2.24) is 39.9 Å². The number of aromatic nitrogens is 8. The summed E-state index contributed by atoms with van der Waals surface area (Å²) in [6.45, 7) is 8.30. The standard InChI is InChI=1S/C54H36N4.C35H20F9N3O3S.C29H28BNO2/c1-5-14-37(15-6-1)47-35-50(40-16-7-2-8-17-40)55-51(36-47)41-28-26-39(27-29-41)48-23-13-22-46-34-45(32-33-49(46)48)38-24-30-44(31-25-38)54-57-52(42-18-9-3-10-19-42)56-53(58-54)43-20-11-4-12-21-43;36-32(37,34(40,41)42)33(38,39)35(43,44)51(48,49)50-28-13-7-12-26-20-25(18-19-27(26)28)21-14-16-24(17-15-21)31-46-29(22-8-3-1-4-9-22)45-30(47-31)23-10-5-2-6-11-23;1-28(2)29(3,4)33-30(32-28)25-17-15-23(16-18-25)27-20-24(21-11-7-5-8-12-21)19-26(31-27)22-13-9-6-10-14-22/h1-36H;1-20H;5-20H,1-4H3. The Morgan fingerprint density at radius 3 is 0.852 bits per heavy atom. The van der Waals surface area contributed by atoms with E-state index in [-0.39, 0.29) is 29.1 Å². The molecule has 5 heterocycles. The van der Waals surface area contributed by atoms with Crippen molar-refractivity contribution in [2.75, 3.05) is 0 Å². The van der Waals surface area contributed by atoms with Crippen molar-refractivity contribution in [1.29, 1.82) is 0 Å². The molecule has 142 heavy (non-hydrogen) atoms. The highest BCUT2D eigenvalue weighted by Crippen LogP contribution is 2.56. The maximum Gasteiger partial charge on any atom is 0.494 e. The quantitative estimate of drug-likeness (QED) is 0.0379. The van der Waals surface area contributed by atoms with Crippen LogP contribution in [0.1, 0.15) is 27.7 Å². The van der Waals surface area contributed by atoms with Crippen LogP contribution in [0, 0.1) is 0 Å². The molecule has 1 fully saturated rings. The largest absolute Gasteiger partial charge is 0.494 e. The maximum atomic E-state index is 14.3. The van der Waals surface area contributed by atoms with E-state index >= 15 is 0 Å². The van der Waals surface area contributed by atoms with Gasteiger partial charge in [0.1, 0.15) is 0 Å². The van der Waals surface area contributed by atoms with Crippen molar-refractivity contribution in [3.8, 4) is 175 Å². The highest BCUT2D eigenvalue weighted by molar-refractivity contribution is 7.88. The van der Waals surface area contributed by atoms with E-state index in [1.54, 1.807) is 24.3 Å². The van der Waals surface area contributed by atoms with Gasteiger partial charge in [-0.15, -0.1) is 0 Å². The first kappa shape index (κ1) is 94.4. The SMILES string of the molecule is CC1(C)OB(c2ccc(-c3cc(-c4ccccc4)cc(-c4ccccc4)n3)cc2)OC1(C)C.O=S(=O)(Oc1cccc2cc(-c3ccc(-c4nc(-c5ccccc5)nc(-c5ccccc5)n4)cc3)ccc12)C(F)(F)C(F)(F)C(F)(F)C(F)(F)F.c1ccc(-c2cc(-c3ccccc3)nc(-c3ccc(-c4cccc5cc(-c6ccc(-c7nc(-c8ccccc8)nc(-c8ccccc8)n7)cc6)ccc45)cc3)c2)cc1. The zero-order chi connectivity index (χ0) is 98.6. The fourth-order valence-electron chi connectivity index (χ4n) is 16.5. The van der Waals surface area contributed by atoms with Crippen LogP contribution in [0.5, 0.6) is 5.75 Å². The third kappa shape index (κ3) is 19.8. The highest BCUT2D eigenvalue weighted by atomic mass is 32.2. The number of alkyl halides is 9. The lowest BCUT2D eigenvalue weighted by Crippen LogP contribution is -2.63. The zero-order valence-corrected chi connectivity index (χ0v) is 77.4. The smallest absolute Gasteiger partial charge is 0.399 e. The van der Waals surface area contributed by atoms with Gasteiger partial charge >= 0.3 is 40.5 Å². The third-order valence-corrected chi connectivity index (χ3v) is 26.2. The molecule has 0 atom stereocenters. The molecule has 0 spiro atoms. The average molecular weight is 1910 g/mol. The van der Waals surface area contributed by atoms with Crippen LogP contribution in [-0.2, 0) is 19.4 Å². The molecule has 16 aromatic carbocycles. The predicted octanol–water partition coefficient (Wildman–Crippen LogP) is 30.0. The Hall–Kier alpha value is -16.5. The molecule has 0 N–H and O–H groups in total. The van der Waals surface area contributed by atoms with Gasteiger partial charge in [-0.2, -0.15) is 47.9 Å². The fraction of sp³-hybridized carbons (Fsp3) is 0.0847. The summed E-state index contributed by atoms with van der Waals surface area (Å²) in [5.41, 5.74) is 23.8. The number of nitrogens with zero attached hydrogens (tertiary/aromatic N) is 8. The van der Waals surface area contributed by atoms with E-state index < -0.39 is 39.1 Å². The number of benzene rings is 16. The summed E-state index contributed by atoms with van der Waals surface area (Å²) in [7, 11) is -7.49. The minimum atomic E-state index is -7.42. The molecular formula is C118H84BF9N8O5S. The summed E-state index contributed by atoms with van der Waals surface area (Å²) in [6, 6.07) is 142. The van der Waals surface area contributed by atoms with Gasteiger partial charge in [-0.05, 0) is 153 Å². The van der Waals surface area contributed by atoms with E-state index in [1.807, 2.05) is 152 Å². The van der Waals surface area contributed by atoms with Crippen LogP contribution in [0.2, 0.25) is 0 Å². The number of hydrogen-bond donors (Lipinski definition) is 0. The van der Waals surface area contributed by atoms with Crippen LogP contribution in [0.4, 0.5) is 39.5 Å². The number of hydrogen-bond acceptors (Lipinski definition) is 13. The molecule has 0 aliphatic carbocycles. The molecule has 13 nitrogen and oxygen atoms in total. The third-order valence-electron chi connectivity index (χ3n) is 24.9. The van der Waals surface area contributed by atoms with Gasteiger partial charge in [0.25, 0.3) is 0 Å². The van der Waals surface area contributed by atoms with Crippen molar-refractivity contribution in [2.45, 2.75) is 62.2 Å². The van der Waals surface area contributed by atoms with Gasteiger partial charge in [-0.3, -0.25) is 0 Å². The predicted molar refractivity (Wildman–Crippen MR) is 544 cm³/mol. The van der Waals surface area contributed by atoms with Gasteiger partial charge < -0.3 is 13.5 Å². The molecule has 1 aliphatic rings. The Morgan fingerprint density at radius 2 is 0.507 bits per heavy atom. The Morgan fingerprint density at radius 1 is 0.246 bits per heavy atom. The summed E-state index contributed by atoms with van der Waals surface area (Å²) in [6.07, 6.45) is -7.20. The first-order chi connectivity index (χ1) is 68.5. The second kappa shape index (κ2) is 39.4. The second-order valence-electron chi connectivity index (χ2n) is 34.9. The number of fused-ring (bicyclic) bond motifs is 2. The topological polar surface area (TPSA) is 165 Å². The van der Waals surface area contributed by atoms with E-state index in [9.17, 15) is 47.9 Å². The van der Waals surface area contributed by atoms with Crippen LogP contribution in [0.25, 0.3) is 191 Å². The summed E-state index contributed by atoms with van der Waals surface area (Å²) in [5.74, 6) is -12.7. The molecule has 20 aromatic rings. The maximum absolute atomic E-state index is 14.3. The molecule has 0 saturated carbocycles. The van der Waals surface area contributed by atoms with Crippen LogP contribution in [0.3, 0.4) is 0 Å². The first-order valence-electron chi connectivity index (χ1n) is 45.4. The van der Waals surface area contributed by atoms with Crippen LogP contribution in [0.15, 0.2) is 437 Å². The molecule has 1 aliphatic heterocycles. The van der Waals surface area contributed by atoms with Gasteiger partial charge in [0.15, 0.2) is 40.7 Å². The lowest BCUT2D eigenvalue weighted by molar-refractivity contribution is -0.382. The summed E-state index contributed by atoms with van der Waals surface area (Å²) >= 11 is 0. The van der Waals surface area contributed by atoms with Gasteiger partial charge in [0.05, 0.1) is 34.0 Å². The van der Waals surface area contributed by atoms with E-state index in [4.69, 9.17) is 34.2 Å². The van der Waals surface area contributed by atoms with Gasteiger partial charge in [0.2, 0.25) is 0 Å². The molecule has 21 rings (SSSR count). The summed E-state index contributed by atoms with van der Waals surface area (Å²) in [4.78, 5) is 38.8. The van der Waals surface area contributed by atoms with E-state index in [1.165, 1.54) is 51.7 Å². The molecule has 0 radical (unpaired) electrons. The van der Waals surface area contributed by atoms with E-state index in [0.29, 0.717) is 51.6 Å². The molecule has 1 saturated heterocycles. The average Bonchev–Trinajstić information content (AvgIpc) is 0.827. The monoisotopic (exact) mass is 1910 g/mol. The Bertz CT molecular complexity index is 7810. The normalized spacial score (nSPS) is 13.1. The minimum Gasteiger partial charge on any atom is -0.399 e. The van der Waals surface area contributed by atoms with Gasteiger partial charge in [-0.1, -0.05) is 388 Å². The molecule has 4 aromatic heterocycles. The van der Waals surface area contributed by atoms with Crippen molar-refractivity contribution < 1.29 is 61.4 Å². The lowest BCUT2D eigenvalue weighted by Gasteiger charge is -2.32. The Kier molecular flexibility index (Phi) is 26.2. The summed E-state index contributed by atoms with van der Waals surface area (Å²) in [5, 5.41) is -4.73. The Labute approximate surface area is 814 Å². The molecular weight excluding hydrogens is 1820 g/mol. The van der Waals surface area contributed by atoms with Crippen molar-refractivity contribution in [3.63, 3.8) is 0 Å².